The molecular weight excluding hydrogens is 420 g/mol. The molecule has 4 rings (SSSR count). The number of benzene rings is 2. The number of nitrogens with zero attached hydrogens (tertiary/aromatic N) is 3. The highest BCUT2D eigenvalue weighted by Crippen LogP contribution is 2.27. The topological polar surface area (TPSA) is 69.0 Å². The van der Waals surface area contributed by atoms with Gasteiger partial charge in [-0.3, -0.25) is 4.79 Å². The lowest BCUT2D eigenvalue weighted by Gasteiger charge is -2.08. The summed E-state index contributed by atoms with van der Waals surface area (Å²) in [5.41, 5.74) is 4.49. The van der Waals surface area contributed by atoms with E-state index in [1.165, 1.54) is 16.9 Å². The highest BCUT2D eigenvalue weighted by molar-refractivity contribution is 7.12. The molecule has 0 bridgehead atoms. The van der Waals surface area contributed by atoms with E-state index in [4.69, 9.17) is 9.72 Å². The molecule has 0 unspecified atom stereocenters. The minimum atomic E-state index is -0.207. The molecule has 0 aliphatic rings. The average molecular weight is 447 g/mol. The molecule has 2 aromatic carbocycles. The third-order valence-electron chi connectivity index (χ3n) is 4.98. The number of aromatic nitrogens is 3. The van der Waals surface area contributed by atoms with Gasteiger partial charge in [-0.25, -0.2) is 4.98 Å². The van der Waals surface area contributed by atoms with Crippen LogP contribution in [-0.4, -0.2) is 27.3 Å². The number of amides is 1. The van der Waals surface area contributed by atoms with E-state index in [-0.39, 0.29) is 5.91 Å². The van der Waals surface area contributed by atoms with E-state index in [0.29, 0.717) is 23.1 Å². The molecule has 6 nitrogen and oxygen atoms in total. The first-order chi connectivity index (χ1) is 15.5. The SMILES string of the molecule is CCCCOc1ccc(C(=O)Nc2cc(C)nn2-c2nc(-c3ccc(C)cc3)cs2)cc1. The fraction of sp³-hybridized carbons (Fsp3) is 0.240. The van der Waals surface area contributed by atoms with Gasteiger partial charge in [-0.15, -0.1) is 11.3 Å². The first-order valence-electron chi connectivity index (χ1n) is 10.7. The molecule has 164 valence electrons. The monoisotopic (exact) mass is 446 g/mol. The minimum Gasteiger partial charge on any atom is -0.494 e. The van der Waals surface area contributed by atoms with E-state index >= 15 is 0 Å². The molecule has 7 heteroatoms. The van der Waals surface area contributed by atoms with Gasteiger partial charge in [0.25, 0.3) is 5.91 Å². The van der Waals surface area contributed by atoms with E-state index in [1.54, 1.807) is 16.8 Å². The third kappa shape index (κ3) is 5.06. The van der Waals surface area contributed by atoms with Crippen LogP contribution in [0.3, 0.4) is 0 Å². The Balaban J connectivity index is 1.50. The summed E-state index contributed by atoms with van der Waals surface area (Å²) in [4.78, 5) is 17.6. The van der Waals surface area contributed by atoms with Crippen molar-refractivity contribution in [3.05, 3.63) is 76.8 Å². The number of rotatable bonds is 8. The molecule has 0 saturated carbocycles. The van der Waals surface area contributed by atoms with Crippen molar-refractivity contribution in [3.63, 3.8) is 0 Å². The second kappa shape index (κ2) is 9.78. The van der Waals surface area contributed by atoms with Crippen LogP contribution < -0.4 is 10.1 Å². The number of thiazole rings is 1. The summed E-state index contributed by atoms with van der Waals surface area (Å²) in [6.07, 6.45) is 2.09. The van der Waals surface area contributed by atoms with Crippen molar-refractivity contribution in [3.8, 4) is 22.1 Å². The second-order valence-electron chi connectivity index (χ2n) is 7.64. The fourth-order valence-corrected chi connectivity index (χ4v) is 3.97. The molecule has 0 aliphatic carbocycles. The number of carbonyl (C=O) groups excluding carboxylic acids is 1. The van der Waals surface area contributed by atoms with Crippen LogP contribution in [0, 0.1) is 13.8 Å². The Morgan fingerprint density at radius 1 is 1.09 bits per heavy atom. The van der Waals surface area contributed by atoms with Crippen LogP contribution in [0.2, 0.25) is 0 Å². The number of anilines is 1. The number of aryl methyl sites for hydroxylation is 2. The zero-order valence-corrected chi connectivity index (χ0v) is 19.3. The minimum absolute atomic E-state index is 0.207. The molecule has 4 aromatic rings. The van der Waals surface area contributed by atoms with Crippen molar-refractivity contribution in [1.29, 1.82) is 0 Å². The summed E-state index contributed by atoms with van der Waals surface area (Å²) in [5, 5.41) is 10.2. The highest BCUT2D eigenvalue weighted by Gasteiger charge is 2.15. The molecular formula is C25H26N4O2S. The van der Waals surface area contributed by atoms with Crippen LogP contribution >= 0.6 is 11.3 Å². The van der Waals surface area contributed by atoms with Crippen LogP contribution in [0.4, 0.5) is 5.82 Å². The Kier molecular flexibility index (Phi) is 6.66. The van der Waals surface area contributed by atoms with Crippen molar-refractivity contribution in [1.82, 2.24) is 14.8 Å². The maximum Gasteiger partial charge on any atom is 0.256 e. The number of unbranched alkanes of at least 4 members (excludes halogenated alkanes) is 1. The van der Waals surface area contributed by atoms with E-state index in [1.807, 2.05) is 30.5 Å². The van der Waals surface area contributed by atoms with Crippen LogP contribution in [-0.2, 0) is 0 Å². The molecule has 0 saturated heterocycles. The largest absolute Gasteiger partial charge is 0.494 e. The van der Waals surface area contributed by atoms with Crippen LogP contribution in [0.5, 0.6) is 5.75 Å². The van der Waals surface area contributed by atoms with Crippen LogP contribution in [0.15, 0.2) is 60.0 Å². The molecule has 0 fully saturated rings. The first kappa shape index (κ1) is 21.8. The van der Waals surface area contributed by atoms with Gasteiger partial charge >= 0.3 is 0 Å². The predicted octanol–water partition coefficient (Wildman–Crippen LogP) is 6.04. The van der Waals surface area contributed by atoms with Crippen LogP contribution in [0.1, 0.15) is 41.4 Å². The second-order valence-corrected chi connectivity index (χ2v) is 8.48. The van der Waals surface area contributed by atoms with E-state index in [0.717, 1.165) is 35.5 Å². The van der Waals surface area contributed by atoms with Gasteiger partial charge in [0.1, 0.15) is 11.6 Å². The van der Waals surface area contributed by atoms with Gasteiger partial charge in [-0.2, -0.15) is 9.78 Å². The standard InChI is InChI=1S/C25H26N4O2S/c1-4-5-14-31-21-12-10-20(11-13-21)24(30)27-23-15-18(3)28-29(23)25-26-22(16-32-25)19-8-6-17(2)7-9-19/h6-13,15-16H,4-5,14H2,1-3H3,(H,27,30). The number of carbonyl (C=O) groups is 1. The van der Waals surface area contributed by atoms with Gasteiger partial charge in [0, 0.05) is 22.6 Å². The molecule has 0 spiro atoms. The van der Waals surface area contributed by atoms with Gasteiger partial charge in [-0.1, -0.05) is 43.2 Å². The fourth-order valence-electron chi connectivity index (χ4n) is 3.18. The van der Waals surface area contributed by atoms with Crippen LogP contribution in [0.25, 0.3) is 16.4 Å². The number of nitrogens with one attached hydrogen (secondary N) is 1. The Labute approximate surface area is 191 Å². The molecule has 32 heavy (non-hydrogen) atoms. The Morgan fingerprint density at radius 3 is 2.56 bits per heavy atom. The molecule has 1 amide bonds. The van der Waals surface area contributed by atoms with Crippen molar-refractivity contribution in [2.75, 3.05) is 11.9 Å². The zero-order valence-electron chi connectivity index (χ0n) is 18.5. The van der Waals surface area contributed by atoms with E-state index < -0.39 is 0 Å². The van der Waals surface area contributed by atoms with E-state index in [2.05, 4.69) is 48.5 Å². The lowest BCUT2D eigenvalue weighted by Crippen LogP contribution is -2.15. The van der Waals surface area contributed by atoms with Gasteiger partial charge < -0.3 is 10.1 Å². The van der Waals surface area contributed by atoms with Gasteiger partial charge in [-0.05, 0) is 44.5 Å². The van der Waals surface area contributed by atoms with E-state index in [9.17, 15) is 4.79 Å². The van der Waals surface area contributed by atoms with Gasteiger partial charge in [0.2, 0.25) is 5.13 Å². The molecule has 0 atom stereocenters. The van der Waals surface area contributed by atoms with Gasteiger partial charge in [0.15, 0.2) is 0 Å². The Morgan fingerprint density at radius 2 is 1.84 bits per heavy atom. The smallest absolute Gasteiger partial charge is 0.256 e. The first-order valence-corrected chi connectivity index (χ1v) is 11.6. The van der Waals surface area contributed by atoms with Crippen molar-refractivity contribution in [2.24, 2.45) is 0 Å². The summed E-state index contributed by atoms with van der Waals surface area (Å²) in [6.45, 7) is 6.75. The maximum absolute atomic E-state index is 12.8. The number of hydrogen-bond acceptors (Lipinski definition) is 5. The summed E-state index contributed by atoms with van der Waals surface area (Å²) < 4.78 is 7.35. The molecule has 0 aliphatic heterocycles. The summed E-state index contributed by atoms with van der Waals surface area (Å²) >= 11 is 1.48. The van der Waals surface area contributed by atoms with Crippen molar-refractivity contribution >= 4 is 23.1 Å². The average Bonchev–Trinajstić information content (AvgIpc) is 3.41. The zero-order chi connectivity index (χ0) is 22.5. The summed E-state index contributed by atoms with van der Waals surface area (Å²) in [5.74, 6) is 1.14. The lowest BCUT2D eigenvalue weighted by molar-refractivity contribution is 0.102. The molecule has 1 N–H and O–H groups in total. The lowest BCUT2D eigenvalue weighted by atomic mass is 10.1. The third-order valence-corrected chi connectivity index (χ3v) is 5.79. The molecule has 2 aromatic heterocycles. The molecule has 2 heterocycles. The number of ether oxygens (including phenoxy) is 1. The van der Waals surface area contributed by atoms with Gasteiger partial charge in [0.05, 0.1) is 18.0 Å². The highest BCUT2D eigenvalue weighted by atomic mass is 32.1. The predicted molar refractivity (Wildman–Crippen MR) is 129 cm³/mol. The summed E-state index contributed by atoms with van der Waals surface area (Å²) in [7, 11) is 0. The van der Waals surface area contributed by atoms with Crippen molar-refractivity contribution < 1.29 is 9.53 Å². The Bertz CT molecular complexity index is 1190. The normalized spacial score (nSPS) is 10.8. The summed E-state index contributed by atoms with van der Waals surface area (Å²) in [6, 6.07) is 17.3. The quantitative estimate of drug-likeness (QED) is 0.335. The number of hydrogen-bond donors (Lipinski definition) is 1. The molecule has 0 radical (unpaired) electrons. The Hall–Kier alpha value is -3.45. The van der Waals surface area contributed by atoms with Crippen molar-refractivity contribution in [2.45, 2.75) is 33.6 Å². The maximum atomic E-state index is 12.8.